The zero-order valence-corrected chi connectivity index (χ0v) is 22.3. The Hall–Kier alpha value is -5.40. The van der Waals surface area contributed by atoms with Gasteiger partial charge in [-0.05, 0) is 83.9 Å². The molecule has 0 aliphatic heterocycles. The SMILES string of the molecule is c1ccc(-c2cc(-c3ccc(-c4cccc5oc6ccccc6c45)cc3)c3ccc4cccc5ccc2c3c54)cc1. The van der Waals surface area contributed by atoms with Crippen molar-refractivity contribution in [2.24, 2.45) is 0 Å². The summed E-state index contributed by atoms with van der Waals surface area (Å²) in [4.78, 5) is 0. The summed E-state index contributed by atoms with van der Waals surface area (Å²) in [7, 11) is 0. The lowest BCUT2D eigenvalue weighted by Gasteiger charge is -2.18. The van der Waals surface area contributed by atoms with E-state index in [2.05, 4.69) is 133 Å². The van der Waals surface area contributed by atoms with Gasteiger partial charge in [-0.2, -0.15) is 0 Å². The van der Waals surface area contributed by atoms with Crippen LogP contribution in [-0.4, -0.2) is 0 Å². The smallest absolute Gasteiger partial charge is 0.136 e. The maximum Gasteiger partial charge on any atom is 0.136 e. The van der Waals surface area contributed by atoms with Crippen molar-refractivity contribution in [3.05, 3.63) is 146 Å². The molecule has 0 unspecified atom stereocenters. The molecule has 0 atom stereocenters. The number of fused-ring (bicyclic) bond motifs is 3. The van der Waals surface area contributed by atoms with Gasteiger partial charge < -0.3 is 4.42 Å². The molecule has 0 radical (unpaired) electrons. The van der Waals surface area contributed by atoms with Crippen LogP contribution in [-0.2, 0) is 0 Å². The van der Waals surface area contributed by atoms with Crippen molar-refractivity contribution < 1.29 is 4.42 Å². The summed E-state index contributed by atoms with van der Waals surface area (Å²) in [6.45, 7) is 0. The predicted octanol–water partition coefficient (Wildman–Crippen LogP) is 11.5. The summed E-state index contributed by atoms with van der Waals surface area (Å²) < 4.78 is 6.17. The van der Waals surface area contributed by atoms with E-state index in [9.17, 15) is 0 Å². The van der Waals surface area contributed by atoms with Gasteiger partial charge in [-0.25, -0.2) is 0 Å². The summed E-state index contributed by atoms with van der Waals surface area (Å²) in [5.74, 6) is 0. The Bertz CT molecular complexity index is 2380. The Kier molecular flexibility index (Phi) is 4.67. The number of benzene rings is 8. The Morgan fingerprint density at radius 2 is 0.902 bits per heavy atom. The molecular weight excluding hydrogens is 496 g/mol. The molecular formula is C40H24O. The van der Waals surface area contributed by atoms with Crippen molar-refractivity contribution in [3.8, 4) is 33.4 Å². The first-order valence-electron chi connectivity index (χ1n) is 14.1. The molecule has 1 aromatic heterocycles. The highest BCUT2D eigenvalue weighted by Crippen LogP contribution is 2.44. The van der Waals surface area contributed by atoms with E-state index in [4.69, 9.17) is 4.42 Å². The van der Waals surface area contributed by atoms with Gasteiger partial charge in [-0.1, -0.05) is 127 Å². The van der Waals surface area contributed by atoms with Gasteiger partial charge in [0.15, 0.2) is 0 Å². The number of hydrogen-bond donors (Lipinski definition) is 0. The first-order valence-corrected chi connectivity index (χ1v) is 14.1. The molecule has 0 aliphatic carbocycles. The molecule has 1 heterocycles. The minimum absolute atomic E-state index is 0.923. The van der Waals surface area contributed by atoms with Crippen molar-refractivity contribution in [2.75, 3.05) is 0 Å². The van der Waals surface area contributed by atoms with Crippen LogP contribution in [0.2, 0.25) is 0 Å². The van der Waals surface area contributed by atoms with Crippen molar-refractivity contribution in [2.45, 2.75) is 0 Å². The predicted molar refractivity (Wildman–Crippen MR) is 174 cm³/mol. The summed E-state index contributed by atoms with van der Waals surface area (Å²) >= 11 is 0. The monoisotopic (exact) mass is 520 g/mol. The van der Waals surface area contributed by atoms with E-state index in [1.807, 2.05) is 12.1 Å². The van der Waals surface area contributed by atoms with Crippen LogP contribution in [0.25, 0.3) is 87.6 Å². The molecule has 1 nitrogen and oxygen atoms in total. The lowest BCUT2D eigenvalue weighted by Crippen LogP contribution is -1.91. The molecule has 0 amide bonds. The summed E-state index contributed by atoms with van der Waals surface area (Å²) in [5, 5.41) is 10.2. The minimum Gasteiger partial charge on any atom is -0.456 e. The molecule has 0 saturated heterocycles. The van der Waals surface area contributed by atoms with Crippen molar-refractivity contribution in [3.63, 3.8) is 0 Å². The first-order chi connectivity index (χ1) is 20.3. The van der Waals surface area contributed by atoms with E-state index in [0.29, 0.717) is 0 Å². The van der Waals surface area contributed by atoms with Crippen molar-refractivity contribution in [1.29, 1.82) is 0 Å². The normalized spacial score (nSPS) is 11.9. The fourth-order valence-electron chi connectivity index (χ4n) is 6.77. The average Bonchev–Trinajstić information content (AvgIpc) is 3.43. The molecule has 9 aromatic rings. The lowest BCUT2D eigenvalue weighted by atomic mass is 9.85. The quantitative estimate of drug-likeness (QED) is 0.211. The van der Waals surface area contributed by atoms with Gasteiger partial charge >= 0.3 is 0 Å². The van der Waals surface area contributed by atoms with Gasteiger partial charge in [0.05, 0.1) is 0 Å². The van der Waals surface area contributed by atoms with Gasteiger partial charge in [-0.15, -0.1) is 0 Å². The molecule has 190 valence electrons. The maximum atomic E-state index is 6.17. The van der Waals surface area contributed by atoms with Gasteiger partial charge in [0.1, 0.15) is 11.2 Å². The van der Waals surface area contributed by atoms with E-state index in [1.165, 1.54) is 71.1 Å². The van der Waals surface area contributed by atoms with E-state index in [1.54, 1.807) is 0 Å². The van der Waals surface area contributed by atoms with Crippen LogP contribution in [0.5, 0.6) is 0 Å². The highest BCUT2D eigenvalue weighted by Gasteiger charge is 2.17. The number of rotatable bonds is 3. The Morgan fingerprint density at radius 1 is 0.317 bits per heavy atom. The highest BCUT2D eigenvalue weighted by atomic mass is 16.3. The van der Waals surface area contributed by atoms with Gasteiger partial charge in [0, 0.05) is 10.8 Å². The van der Waals surface area contributed by atoms with Gasteiger partial charge in [0.2, 0.25) is 0 Å². The fraction of sp³-hybridized carbons (Fsp3) is 0. The molecule has 41 heavy (non-hydrogen) atoms. The highest BCUT2D eigenvalue weighted by molar-refractivity contribution is 6.28. The molecule has 0 N–H and O–H groups in total. The van der Waals surface area contributed by atoms with Crippen molar-refractivity contribution in [1.82, 2.24) is 0 Å². The summed E-state index contributed by atoms with van der Waals surface area (Å²) in [6.07, 6.45) is 0. The van der Waals surface area contributed by atoms with E-state index in [-0.39, 0.29) is 0 Å². The molecule has 0 bridgehead atoms. The fourth-order valence-corrected chi connectivity index (χ4v) is 6.77. The zero-order chi connectivity index (χ0) is 26.9. The Labute approximate surface area is 237 Å². The third-order valence-corrected chi connectivity index (χ3v) is 8.64. The second-order valence-electron chi connectivity index (χ2n) is 10.9. The average molecular weight is 521 g/mol. The third-order valence-electron chi connectivity index (χ3n) is 8.64. The molecule has 9 rings (SSSR count). The number of para-hydroxylation sites is 1. The van der Waals surface area contributed by atoms with E-state index < -0.39 is 0 Å². The number of hydrogen-bond acceptors (Lipinski definition) is 1. The van der Waals surface area contributed by atoms with Crippen LogP contribution in [0.1, 0.15) is 0 Å². The van der Waals surface area contributed by atoms with Gasteiger partial charge in [0.25, 0.3) is 0 Å². The topological polar surface area (TPSA) is 13.1 Å². The zero-order valence-electron chi connectivity index (χ0n) is 22.3. The van der Waals surface area contributed by atoms with Crippen LogP contribution >= 0.6 is 0 Å². The Morgan fingerprint density at radius 3 is 1.63 bits per heavy atom. The van der Waals surface area contributed by atoms with Crippen LogP contribution < -0.4 is 0 Å². The summed E-state index contributed by atoms with van der Waals surface area (Å²) in [6, 6.07) is 52.6. The van der Waals surface area contributed by atoms with Crippen molar-refractivity contribution >= 4 is 54.3 Å². The molecule has 1 heteroatoms. The minimum atomic E-state index is 0.923. The van der Waals surface area contributed by atoms with Gasteiger partial charge in [-0.3, -0.25) is 0 Å². The molecule has 0 saturated carbocycles. The molecule has 8 aromatic carbocycles. The largest absolute Gasteiger partial charge is 0.456 e. The standard InChI is InChI=1S/C40H24O/c1-2-8-25(9-3-1)34-24-35(32-23-21-29-11-6-10-28-20-22-31(34)40(32)38(28)29)27-18-16-26(17-19-27)30-13-7-15-37-39(30)33-12-4-5-14-36(33)41-37/h1-24H. The van der Waals surface area contributed by atoms with Crippen LogP contribution in [0.4, 0.5) is 0 Å². The lowest BCUT2D eigenvalue weighted by molar-refractivity contribution is 0.669. The molecule has 0 aliphatic rings. The molecule has 0 fully saturated rings. The third kappa shape index (κ3) is 3.30. The van der Waals surface area contributed by atoms with Crippen LogP contribution in [0.15, 0.2) is 150 Å². The Balaban J connectivity index is 1.29. The maximum absolute atomic E-state index is 6.17. The van der Waals surface area contributed by atoms with Crippen LogP contribution in [0.3, 0.4) is 0 Å². The van der Waals surface area contributed by atoms with E-state index >= 15 is 0 Å². The van der Waals surface area contributed by atoms with Crippen LogP contribution in [0, 0.1) is 0 Å². The molecule has 0 spiro atoms. The first kappa shape index (κ1) is 22.4. The second-order valence-corrected chi connectivity index (χ2v) is 10.9. The van der Waals surface area contributed by atoms with E-state index in [0.717, 1.165) is 16.6 Å². The number of furan rings is 1. The summed E-state index contributed by atoms with van der Waals surface area (Å²) in [5.41, 5.74) is 9.21. The second kappa shape index (κ2) is 8.55.